The summed E-state index contributed by atoms with van der Waals surface area (Å²) in [4.78, 5) is 29.1. The number of hydrogen-bond acceptors (Lipinski definition) is 3. The van der Waals surface area contributed by atoms with E-state index in [1.54, 1.807) is 11.8 Å². The zero-order chi connectivity index (χ0) is 18.1. The Hall–Kier alpha value is -2.34. The number of carbonyl (C=O) groups is 2. The fourth-order valence-corrected chi connectivity index (χ4v) is 3.22. The quantitative estimate of drug-likeness (QED) is 0.897. The molecule has 3 rings (SSSR count). The highest BCUT2D eigenvalue weighted by molar-refractivity contribution is 5.99. The Morgan fingerprint density at radius 1 is 1.36 bits per heavy atom. The van der Waals surface area contributed by atoms with Crippen molar-refractivity contribution in [3.63, 3.8) is 0 Å². The van der Waals surface area contributed by atoms with E-state index in [1.165, 1.54) is 11.1 Å². The fraction of sp³-hybridized carbons (Fsp3) is 0.474. The highest BCUT2D eigenvalue weighted by atomic mass is 16.5. The average Bonchev–Trinajstić information content (AvgIpc) is 3.03. The lowest BCUT2D eigenvalue weighted by atomic mass is 10.1. The smallest absolute Gasteiger partial charge is 0.268 e. The second-order valence-corrected chi connectivity index (χ2v) is 6.79. The Morgan fingerprint density at radius 3 is 2.84 bits per heavy atom. The first-order chi connectivity index (χ1) is 11.9. The molecular formula is C19H25N3O3. The van der Waals surface area contributed by atoms with Gasteiger partial charge in [-0.2, -0.15) is 0 Å². The van der Waals surface area contributed by atoms with Crippen LogP contribution in [0, 0.1) is 13.8 Å². The van der Waals surface area contributed by atoms with Gasteiger partial charge in [-0.1, -0.05) is 6.07 Å². The van der Waals surface area contributed by atoms with Crippen molar-refractivity contribution in [1.29, 1.82) is 0 Å². The molecule has 6 heteroatoms. The van der Waals surface area contributed by atoms with Crippen molar-refractivity contribution in [1.82, 2.24) is 15.2 Å². The minimum absolute atomic E-state index is 0.0355. The maximum Gasteiger partial charge on any atom is 0.268 e. The third-order valence-electron chi connectivity index (χ3n) is 5.04. The Morgan fingerprint density at radius 2 is 2.12 bits per heavy atom. The number of H-pyrrole nitrogens is 1. The molecule has 134 valence electrons. The van der Waals surface area contributed by atoms with E-state index in [1.807, 2.05) is 25.1 Å². The minimum Gasteiger partial charge on any atom is -0.372 e. The number of carbonyl (C=O) groups excluding carboxylic acids is 2. The van der Waals surface area contributed by atoms with Crippen LogP contribution in [0.25, 0.3) is 10.9 Å². The van der Waals surface area contributed by atoms with Crippen molar-refractivity contribution in [3.8, 4) is 0 Å². The third-order valence-corrected chi connectivity index (χ3v) is 5.04. The molecule has 1 fully saturated rings. The van der Waals surface area contributed by atoms with Crippen LogP contribution in [0.5, 0.6) is 0 Å². The van der Waals surface area contributed by atoms with Gasteiger partial charge in [-0.15, -0.1) is 0 Å². The van der Waals surface area contributed by atoms with E-state index >= 15 is 0 Å². The first kappa shape index (κ1) is 17.5. The highest BCUT2D eigenvalue weighted by Gasteiger charge is 2.28. The van der Waals surface area contributed by atoms with Gasteiger partial charge in [0.05, 0.1) is 18.8 Å². The second kappa shape index (κ2) is 6.88. The van der Waals surface area contributed by atoms with Gasteiger partial charge < -0.3 is 19.9 Å². The number of aryl methyl sites for hydroxylation is 2. The number of aromatic nitrogens is 1. The second-order valence-electron chi connectivity index (χ2n) is 6.79. The zero-order valence-corrected chi connectivity index (χ0v) is 15.2. The van der Waals surface area contributed by atoms with Crippen LogP contribution in [0.3, 0.4) is 0 Å². The molecule has 1 aliphatic rings. The van der Waals surface area contributed by atoms with Crippen LogP contribution in [0.2, 0.25) is 0 Å². The molecule has 2 aromatic rings. The molecule has 1 aromatic carbocycles. The summed E-state index contributed by atoms with van der Waals surface area (Å²) in [6, 6.07) is 5.74. The van der Waals surface area contributed by atoms with Crippen molar-refractivity contribution in [3.05, 3.63) is 35.0 Å². The summed E-state index contributed by atoms with van der Waals surface area (Å²) in [7, 11) is 0. The van der Waals surface area contributed by atoms with E-state index in [9.17, 15) is 9.59 Å². The number of amides is 2. The van der Waals surface area contributed by atoms with Gasteiger partial charge in [-0.05, 0) is 44.0 Å². The number of ether oxygens (including phenoxy) is 1. The molecule has 25 heavy (non-hydrogen) atoms. The standard InChI is InChI=1S/C19H25N3O3/c1-11-5-6-16-15(12(11)2)9-17(21-16)19(24)20-13(3)18-10-22(14(4)23)7-8-25-18/h5-6,9,13,18,21H,7-8,10H2,1-4H3,(H,20,24). The summed E-state index contributed by atoms with van der Waals surface area (Å²) in [6.07, 6.45) is -0.199. The van der Waals surface area contributed by atoms with Crippen LogP contribution < -0.4 is 5.32 Å². The molecule has 2 N–H and O–H groups in total. The van der Waals surface area contributed by atoms with Crippen LogP contribution in [-0.4, -0.2) is 53.5 Å². The predicted molar refractivity (Wildman–Crippen MR) is 96.7 cm³/mol. The molecule has 0 radical (unpaired) electrons. The van der Waals surface area contributed by atoms with Crippen molar-refractivity contribution in [2.75, 3.05) is 19.7 Å². The van der Waals surface area contributed by atoms with Crippen molar-refractivity contribution in [2.24, 2.45) is 0 Å². The Bertz CT molecular complexity index is 812. The van der Waals surface area contributed by atoms with Gasteiger partial charge in [0.15, 0.2) is 0 Å². The van der Waals surface area contributed by atoms with Gasteiger partial charge in [-0.3, -0.25) is 9.59 Å². The van der Waals surface area contributed by atoms with Gasteiger partial charge in [0.1, 0.15) is 5.69 Å². The maximum absolute atomic E-state index is 12.6. The summed E-state index contributed by atoms with van der Waals surface area (Å²) in [5, 5.41) is 4.05. The zero-order valence-electron chi connectivity index (χ0n) is 15.2. The molecule has 1 aromatic heterocycles. The summed E-state index contributed by atoms with van der Waals surface area (Å²) < 4.78 is 5.73. The number of benzene rings is 1. The summed E-state index contributed by atoms with van der Waals surface area (Å²) in [5.41, 5.74) is 3.87. The molecule has 0 bridgehead atoms. The summed E-state index contributed by atoms with van der Waals surface area (Å²) in [6.45, 7) is 9.18. The van der Waals surface area contributed by atoms with Gasteiger partial charge >= 0.3 is 0 Å². The highest BCUT2D eigenvalue weighted by Crippen LogP contribution is 2.22. The van der Waals surface area contributed by atoms with Crippen molar-refractivity contribution >= 4 is 22.7 Å². The van der Waals surface area contributed by atoms with E-state index in [0.717, 1.165) is 10.9 Å². The van der Waals surface area contributed by atoms with Crippen molar-refractivity contribution in [2.45, 2.75) is 39.8 Å². The SMILES string of the molecule is CC(=O)N1CCOC(C(C)NC(=O)c2cc3c(C)c(C)ccc3[nH]2)C1. The molecule has 0 spiro atoms. The first-order valence-corrected chi connectivity index (χ1v) is 8.63. The van der Waals surface area contributed by atoms with E-state index in [2.05, 4.69) is 24.1 Å². The number of morpholine rings is 1. The summed E-state index contributed by atoms with van der Waals surface area (Å²) in [5.74, 6) is -0.127. The Balaban J connectivity index is 1.71. The lowest BCUT2D eigenvalue weighted by Crippen LogP contribution is -2.53. The monoisotopic (exact) mass is 343 g/mol. The van der Waals surface area contributed by atoms with Gasteiger partial charge in [-0.25, -0.2) is 0 Å². The number of nitrogens with zero attached hydrogens (tertiary/aromatic N) is 1. The number of nitrogens with one attached hydrogen (secondary N) is 2. The van der Waals surface area contributed by atoms with Crippen LogP contribution >= 0.6 is 0 Å². The molecule has 2 atom stereocenters. The largest absolute Gasteiger partial charge is 0.372 e. The number of hydrogen-bond donors (Lipinski definition) is 2. The first-order valence-electron chi connectivity index (χ1n) is 8.63. The lowest BCUT2D eigenvalue weighted by molar-refractivity contribution is -0.137. The summed E-state index contributed by atoms with van der Waals surface area (Å²) >= 11 is 0. The Kier molecular flexibility index (Phi) is 4.81. The Labute approximate surface area is 147 Å². The van der Waals surface area contributed by atoms with E-state index in [0.29, 0.717) is 25.4 Å². The van der Waals surface area contributed by atoms with E-state index in [4.69, 9.17) is 4.74 Å². The van der Waals surface area contributed by atoms with Crippen LogP contribution in [0.1, 0.15) is 35.5 Å². The third kappa shape index (κ3) is 3.54. The number of rotatable bonds is 3. The van der Waals surface area contributed by atoms with E-state index < -0.39 is 0 Å². The normalized spacial score (nSPS) is 19.0. The molecule has 1 aliphatic heterocycles. The van der Waals surface area contributed by atoms with Crippen LogP contribution in [0.4, 0.5) is 0 Å². The van der Waals surface area contributed by atoms with Gasteiger partial charge in [0.25, 0.3) is 5.91 Å². The molecule has 1 saturated heterocycles. The molecule has 2 amide bonds. The maximum atomic E-state index is 12.6. The molecule has 2 unspecified atom stereocenters. The molecule has 0 aliphatic carbocycles. The fourth-order valence-electron chi connectivity index (χ4n) is 3.22. The molecular weight excluding hydrogens is 318 g/mol. The predicted octanol–water partition coefficient (Wildman–Crippen LogP) is 2.15. The minimum atomic E-state index is -0.199. The van der Waals surface area contributed by atoms with Gasteiger partial charge in [0.2, 0.25) is 5.91 Å². The van der Waals surface area contributed by atoms with Crippen LogP contribution in [-0.2, 0) is 9.53 Å². The molecule has 2 heterocycles. The number of fused-ring (bicyclic) bond motifs is 1. The van der Waals surface area contributed by atoms with Crippen LogP contribution in [0.15, 0.2) is 18.2 Å². The van der Waals surface area contributed by atoms with Crippen molar-refractivity contribution < 1.29 is 14.3 Å². The van der Waals surface area contributed by atoms with E-state index in [-0.39, 0.29) is 24.0 Å². The number of aromatic amines is 1. The van der Waals surface area contributed by atoms with Gasteiger partial charge in [0, 0.05) is 30.9 Å². The topological polar surface area (TPSA) is 74.4 Å². The lowest BCUT2D eigenvalue weighted by Gasteiger charge is -2.35. The molecule has 0 saturated carbocycles. The average molecular weight is 343 g/mol. The molecule has 6 nitrogen and oxygen atoms in total.